The summed E-state index contributed by atoms with van der Waals surface area (Å²) in [5.74, 6) is 2.39. The minimum absolute atomic E-state index is 0.194. The first-order chi connectivity index (χ1) is 18.2. The Bertz CT molecular complexity index is 1450. The Kier molecular flexibility index (Phi) is 6.18. The maximum Gasteiger partial charge on any atom is 0.226 e. The van der Waals surface area contributed by atoms with Crippen LogP contribution in [0.1, 0.15) is 36.9 Å². The summed E-state index contributed by atoms with van der Waals surface area (Å²) in [6, 6.07) is 25.5. The van der Waals surface area contributed by atoms with Gasteiger partial charge in [-0.3, -0.25) is 4.79 Å². The fourth-order valence-corrected chi connectivity index (χ4v) is 5.05. The monoisotopic (exact) mass is 492 g/mol. The quantitative estimate of drug-likeness (QED) is 0.351. The number of hydrogen-bond acceptors (Lipinski definition) is 6. The van der Waals surface area contributed by atoms with E-state index >= 15 is 0 Å². The number of Topliss-reactive ketones (excluding diaryl/α,β-unsaturated/α-hetero) is 1. The average Bonchev–Trinajstić information content (AvgIpc) is 3.36. The van der Waals surface area contributed by atoms with Gasteiger partial charge in [-0.1, -0.05) is 72.8 Å². The second-order valence-electron chi connectivity index (χ2n) is 9.20. The van der Waals surface area contributed by atoms with Crippen LogP contribution in [-0.4, -0.2) is 27.2 Å². The molecule has 0 amide bonds. The molecule has 4 aromatic rings. The Morgan fingerprint density at radius 2 is 1.76 bits per heavy atom. The lowest BCUT2D eigenvalue weighted by molar-refractivity contribution is -0.123. The largest absolute Gasteiger partial charge is 0.490 e. The van der Waals surface area contributed by atoms with Crippen LogP contribution in [-0.2, 0) is 11.4 Å². The van der Waals surface area contributed by atoms with Gasteiger partial charge in [-0.2, -0.15) is 4.98 Å². The van der Waals surface area contributed by atoms with E-state index < -0.39 is 0 Å². The second kappa shape index (κ2) is 9.93. The predicted octanol–water partition coefficient (Wildman–Crippen LogP) is 5.80. The van der Waals surface area contributed by atoms with E-state index in [4.69, 9.17) is 19.6 Å². The Morgan fingerprint density at radius 3 is 2.54 bits per heavy atom. The first kappa shape index (κ1) is 23.0. The highest BCUT2D eigenvalue weighted by Gasteiger charge is 2.42. The van der Waals surface area contributed by atoms with E-state index in [0.717, 1.165) is 28.8 Å². The molecule has 1 aromatic heterocycles. The average molecular weight is 493 g/mol. The van der Waals surface area contributed by atoms with Crippen molar-refractivity contribution in [3.8, 4) is 22.9 Å². The molecule has 0 saturated heterocycles. The van der Waals surface area contributed by atoms with Crippen LogP contribution in [0.25, 0.3) is 11.4 Å². The lowest BCUT2D eigenvalue weighted by atomic mass is 9.81. The second-order valence-corrected chi connectivity index (χ2v) is 9.20. The molecule has 1 aliphatic carbocycles. The fourth-order valence-electron chi connectivity index (χ4n) is 5.05. The molecule has 3 aromatic carbocycles. The zero-order valence-corrected chi connectivity index (χ0v) is 20.6. The Labute approximate surface area is 215 Å². The molecular formula is C30H28N4O3. The van der Waals surface area contributed by atoms with Crippen molar-refractivity contribution in [1.29, 1.82) is 0 Å². The third kappa shape index (κ3) is 4.48. The van der Waals surface area contributed by atoms with E-state index in [2.05, 4.69) is 11.4 Å². The summed E-state index contributed by atoms with van der Waals surface area (Å²) < 4.78 is 14.0. The number of benzene rings is 3. The Hall–Kier alpha value is -4.39. The van der Waals surface area contributed by atoms with Crippen molar-refractivity contribution in [3.05, 3.63) is 102 Å². The number of fused-ring (bicyclic) bond motifs is 2. The SMILES string of the molecule is CCOc1cc(C2C3C(=O)CCC=C3Nc3nc(-c4ccccc4)nn32)ccc1OCc1ccccc1. The van der Waals surface area contributed by atoms with Crippen molar-refractivity contribution in [3.63, 3.8) is 0 Å². The molecule has 37 heavy (non-hydrogen) atoms. The molecule has 1 N–H and O–H groups in total. The maximum absolute atomic E-state index is 13.2. The van der Waals surface area contributed by atoms with Gasteiger partial charge < -0.3 is 14.8 Å². The van der Waals surface area contributed by atoms with Crippen LogP contribution in [0.15, 0.2) is 90.6 Å². The molecule has 0 spiro atoms. The lowest BCUT2D eigenvalue weighted by Crippen LogP contribution is -2.38. The van der Waals surface area contributed by atoms with Crippen LogP contribution >= 0.6 is 0 Å². The summed E-state index contributed by atoms with van der Waals surface area (Å²) >= 11 is 0. The number of carbonyl (C=O) groups excluding carboxylic acids is 1. The standard InChI is InChI=1S/C30H28N4O3/c1-2-36-26-18-22(16-17-25(26)37-19-20-10-5-3-6-11-20)28-27-23(14-9-15-24(27)35)31-30-32-29(33-34(28)30)21-12-7-4-8-13-21/h3-8,10-14,16-18,27-28H,2,9,15,19H2,1H3,(H,31,32,33). The number of nitrogens with one attached hydrogen (secondary N) is 1. The molecule has 2 heterocycles. The molecule has 0 saturated carbocycles. The molecule has 0 fully saturated rings. The summed E-state index contributed by atoms with van der Waals surface area (Å²) in [5, 5.41) is 8.25. The number of ether oxygens (including phenoxy) is 2. The number of rotatable bonds is 7. The summed E-state index contributed by atoms with van der Waals surface area (Å²) in [5.41, 5.74) is 3.82. The number of carbonyl (C=O) groups is 1. The molecule has 7 heteroatoms. The van der Waals surface area contributed by atoms with E-state index in [9.17, 15) is 4.79 Å². The predicted molar refractivity (Wildman–Crippen MR) is 141 cm³/mol. The van der Waals surface area contributed by atoms with E-state index in [0.29, 0.717) is 42.9 Å². The molecular weight excluding hydrogens is 464 g/mol. The zero-order chi connectivity index (χ0) is 25.2. The van der Waals surface area contributed by atoms with Gasteiger partial charge in [0.1, 0.15) is 12.4 Å². The van der Waals surface area contributed by atoms with E-state index in [1.807, 2.05) is 90.5 Å². The minimum Gasteiger partial charge on any atom is -0.490 e. The number of aromatic nitrogens is 3. The first-order valence-electron chi connectivity index (χ1n) is 12.7. The molecule has 0 radical (unpaired) electrons. The molecule has 2 unspecified atom stereocenters. The lowest BCUT2D eigenvalue weighted by Gasteiger charge is -2.36. The zero-order valence-electron chi connectivity index (χ0n) is 20.6. The van der Waals surface area contributed by atoms with Gasteiger partial charge in [0, 0.05) is 17.7 Å². The fraction of sp³-hybridized carbons (Fsp3) is 0.233. The van der Waals surface area contributed by atoms with Crippen molar-refractivity contribution in [2.75, 3.05) is 11.9 Å². The topological polar surface area (TPSA) is 78.3 Å². The summed E-state index contributed by atoms with van der Waals surface area (Å²) in [6.45, 7) is 2.89. The Morgan fingerprint density at radius 1 is 0.973 bits per heavy atom. The van der Waals surface area contributed by atoms with Crippen molar-refractivity contribution in [2.24, 2.45) is 5.92 Å². The molecule has 2 aliphatic rings. The highest BCUT2D eigenvalue weighted by Crippen LogP contribution is 2.44. The van der Waals surface area contributed by atoms with E-state index in [-0.39, 0.29) is 17.7 Å². The van der Waals surface area contributed by atoms with Gasteiger partial charge in [0.15, 0.2) is 17.3 Å². The van der Waals surface area contributed by atoms with Crippen molar-refractivity contribution < 1.29 is 14.3 Å². The Balaban J connectivity index is 1.40. The van der Waals surface area contributed by atoms with Gasteiger partial charge in [0.05, 0.1) is 18.6 Å². The minimum atomic E-state index is -0.364. The van der Waals surface area contributed by atoms with Crippen LogP contribution in [0.2, 0.25) is 0 Å². The maximum atomic E-state index is 13.2. The van der Waals surface area contributed by atoms with E-state index in [1.54, 1.807) is 0 Å². The van der Waals surface area contributed by atoms with Crippen LogP contribution < -0.4 is 14.8 Å². The molecule has 0 bridgehead atoms. The van der Waals surface area contributed by atoms with E-state index in [1.165, 1.54) is 0 Å². The third-order valence-corrected chi connectivity index (χ3v) is 6.78. The van der Waals surface area contributed by atoms with Gasteiger partial charge in [-0.25, -0.2) is 4.68 Å². The molecule has 2 atom stereocenters. The van der Waals surface area contributed by atoms with Crippen molar-refractivity contribution in [1.82, 2.24) is 14.8 Å². The number of hydrogen-bond donors (Lipinski definition) is 1. The summed E-state index contributed by atoms with van der Waals surface area (Å²) in [4.78, 5) is 18.0. The van der Waals surface area contributed by atoms with Crippen LogP contribution in [0, 0.1) is 5.92 Å². The van der Waals surface area contributed by atoms with Crippen LogP contribution in [0.3, 0.4) is 0 Å². The number of allylic oxidation sites excluding steroid dienone is 2. The number of anilines is 1. The third-order valence-electron chi connectivity index (χ3n) is 6.78. The smallest absolute Gasteiger partial charge is 0.226 e. The highest BCUT2D eigenvalue weighted by atomic mass is 16.5. The molecule has 186 valence electrons. The summed E-state index contributed by atoms with van der Waals surface area (Å²) in [7, 11) is 0. The molecule has 6 rings (SSSR count). The van der Waals surface area contributed by atoms with Crippen molar-refractivity contribution >= 4 is 11.7 Å². The van der Waals surface area contributed by atoms with Crippen LogP contribution in [0.5, 0.6) is 11.5 Å². The van der Waals surface area contributed by atoms with Gasteiger partial charge in [-0.15, -0.1) is 5.10 Å². The number of ketones is 1. The molecule has 1 aliphatic heterocycles. The van der Waals surface area contributed by atoms with Gasteiger partial charge in [-0.05, 0) is 36.6 Å². The van der Waals surface area contributed by atoms with Gasteiger partial charge >= 0.3 is 0 Å². The summed E-state index contributed by atoms with van der Waals surface area (Å²) in [6.07, 6.45) is 3.35. The van der Waals surface area contributed by atoms with Crippen molar-refractivity contribution in [2.45, 2.75) is 32.4 Å². The normalized spacial score (nSPS) is 18.3. The van der Waals surface area contributed by atoms with Gasteiger partial charge in [0.25, 0.3) is 0 Å². The first-order valence-corrected chi connectivity index (χ1v) is 12.7. The highest BCUT2D eigenvalue weighted by molar-refractivity contribution is 5.87. The number of nitrogens with zero attached hydrogens (tertiary/aromatic N) is 3. The van der Waals surface area contributed by atoms with Gasteiger partial charge in [0.2, 0.25) is 5.95 Å². The molecule has 7 nitrogen and oxygen atoms in total. The van der Waals surface area contributed by atoms with Crippen LogP contribution in [0.4, 0.5) is 5.95 Å².